The number of hydrogen-bond acceptors (Lipinski definition) is 8. The molecule has 0 heterocycles. The summed E-state index contributed by atoms with van der Waals surface area (Å²) in [5.41, 5.74) is 17.2. The zero-order chi connectivity index (χ0) is 30.1. The molecule has 40 heavy (non-hydrogen) atoms. The van der Waals surface area contributed by atoms with Crippen LogP contribution in [0.1, 0.15) is 37.7 Å². The van der Waals surface area contributed by atoms with Crippen molar-refractivity contribution in [3.05, 3.63) is 35.9 Å². The monoisotopic (exact) mass is 581 g/mol. The SMILES string of the molecule is CSCCC(NC(=O)C(CCCN=C(N)N)NC(=O)C(Cc1ccccc1)NC(=O)C(N)CCC(=O)O)C(=O)O. The second-order valence-corrected chi connectivity index (χ2v) is 9.97. The average molecular weight is 582 g/mol. The number of thioether (sulfide) groups is 1. The minimum absolute atomic E-state index is 0.0534. The number of nitrogens with one attached hydrogen (secondary N) is 3. The van der Waals surface area contributed by atoms with Gasteiger partial charge in [-0.25, -0.2) is 4.79 Å². The zero-order valence-corrected chi connectivity index (χ0v) is 23.2. The van der Waals surface area contributed by atoms with Gasteiger partial charge >= 0.3 is 11.9 Å². The van der Waals surface area contributed by atoms with E-state index in [1.807, 2.05) is 6.26 Å². The summed E-state index contributed by atoms with van der Waals surface area (Å²) in [4.78, 5) is 65.6. The molecule has 0 bridgehead atoms. The summed E-state index contributed by atoms with van der Waals surface area (Å²) >= 11 is 1.42. The largest absolute Gasteiger partial charge is 0.481 e. The van der Waals surface area contributed by atoms with Crippen LogP contribution in [0.4, 0.5) is 0 Å². The molecule has 3 amide bonds. The summed E-state index contributed by atoms with van der Waals surface area (Å²) in [5.74, 6) is -4.13. The molecule has 1 aromatic carbocycles. The first-order valence-electron chi connectivity index (χ1n) is 12.6. The predicted octanol–water partition coefficient (Wildman–Crippen LogP) is -1.23. The molecule has 4 atom stereocenters. The fourth-order valence-corrected chi connectivity index (χ4v) is 4.03. The van der Waals surface area contributed by atoms with Crippen LogP contribution in [0.15, 0.2) is 35.3 Å². The molecule has 0 saturated carbocycles. The van der Waals surface area contributed by atoms with Crippen molar-refractivity contribution >= 4 is 47.4 Å². The lowest BCUT2D eigenvalue weighted by atomic mass is 10.0. The van der Waals surface area contributed by atoms with E-state index >= 15 is 0 Å². The first-order valence-corrected chi connectivity index (χ1v) is 14.0. The van der Waals surface area contributed by atoms with Gasteiger partial charge < -0.3 is 43.4 Å². The third-order valence-electron chi connectivity index (χ3n) is 5.73. The number of nitrogens with zero attached hydrogens (tertiary/aromatic N) is 1. The van der Waals surface area contributed by atoms with Crippen molar-refractivity contribution in [2.75, 3.05) is 18.6 Å². The number of carboxylic acids is 2. The Kier molecular flexibility index (Phi) is 15.8. The van der Waals surface area contributed by atoms with E-state index in [1.165, 1.54) is 11.8 Å². The maximum Gasteiger partial charge on any atom is 0.326 e. The Labute approximate surface area is 236 Å². The maximum absolute atomic E-state index is 13.4. The van der Waals surface area contributed by atoms with Crippen molar-refractivity contribution < 1.29 is 34.2 Å². The fourth-order valence-electron chi connectivity index (χ4n) is 3.56. The molecule has 0 radical (unpaired) electrons. The molecule has 0 saturated heterocycles. The molecule has 14 nitrogen and oxygen atoms in total. The molecule has 1 rings (SSSR count). The number of hydrogen-bond donors (Lipinski definition) is 8. The molecule has 0 spiro atoms. The van der Waals surface area contributed by atoms with Gasteiger partial charge in [0, 0.05) is 19.4 Å². The van der Waals surface area contributed by atoms with Crippen molar-refractivity contribution in [2.24, 2.45) is 22.2 Å². The van der Waals surface area contributed by atoms with Gasteiger partial charge in [0.15, 0.2) is 5.96 Å². The molecule has 11 N–H and O–H groups in total. The summed E-state index contributed by atoms with van der Waals surface area (Å²) in [6.07, 6.45) is 1.94. The van der Waals surface area contributed by atoms with Crippen LogP contribution in [0.25, 0.3) is 0 Å². The first kappa shape index (κ1) is 34.2. The molecule has 222 valence electrons. The topological polar surface area (TPSA) is 252 Å². The zero-order valence-electron chi connectivity index (χ0n) is 22.4. The lowest BCUT2D eigenvalue weighted by Gasteiger charge is -2.25. The number of carbonyl (C=O) groups is 5. The van der Waals surface area contributed by atoms with Crippen LogP contribution in [-0.2, 0) is 30.4 Å². The molecular formula is C25H39N7O7S. The molecular weight excluding hydrogens is 542 g/mol. The van der Waals surface area contributed by atoms with Crippen LogP contribution in [0.2, 0.25) is 0 Å². The summed E-state index contributed by atoms with van der Waals surface area (Å²) < 4.78 is 0. The van der Waals surface area contributed by atoms with Crippen molar-refractivity contribution in [3.8, 4) is 0 Å². The Balaban J connectivity index is 3.13. The van der Waals surface area contributed by atoms with E-state index in [9.17, 15) is 29.1 Å². The Hall–Kier alpha value is -3.85. The molecule has 0 fully saturated rings. The smallest absolute Gasteiger partial charge is 0.326 e. The average Bonchev–Trinajstić information content (AvgIpc) is 2.90. The van der Waals surface area contributed by atoms with Crippen LogP contribution in [0, 0.1) is 0 Å². The summed E-state index contributed by atoms with van der Waals surface area (Å²) in [7, 11) is 0. The Morgan fingerprint density at radius 1 is 0.875 bits per heavy atom. The quantitative estimate of drug-likeness (QED) is 0.0545. The minimum atomic E-state index is -1.21. The van der Waals surface area contributed by atoms with Gasteiger partial charge in [0.05, 0.1) is 6.04 Å². The van der Waals surface area contributed by atoms with Crippen LogP contribution in [0.3, 0.4) is 0 Å². The standard InChI is InChI=1S/C25H39N7O7S/c1-40-13-11-18(24(38)39)31-22(36)17(8-5-12-29-25(27)28)30-23(37)19(14-15-6-3-2-4-7-15)32-21(35)16(26)9-10-20(33)34/h2-4,6-7,16-19H,5,8-14,26H2,1H3,(H,30,37)(H,31,36)(H,32,35)(H,33,34)(H,38,39)(H4,27,28,29). The highest BCUT2D eigenvalue weighted by Crippen LogP contribution is 2.08. The molecule has 1 aromatic rings. The Bertz CT molecular complexity index is 1020. The van der Waals surface area contributed by atoms with Gasteiger partial charge in [-0.05, 0) is 43.3 Å². The summed E-state index contributed by atoms with van der Waals surface area (Å²) in [5, 5.41) is 26.0. The van der Waals surface area contributed by atoms with Gasteiger partial charge in [0.25, 0.3) is 0 Å². The Morgan fingerprint density at radius 2 is 1.48 bits per heavy atom. The first-order chi connectivity index (χ1) is 18.9. The van der Waals surface area contributed by atoms with Crippen LogP contribution >= 0.6 is 11.8 Å². The highest BCUT2D eigenvalue weighted by molar-refractivity contribution is 7.98. The van der Waals surface area contributed by atoms with Crippen LogP contribution < -0.4 is 33.2 Å². The van der Waals surface area contributed by atoms with Gasteiger partial charge in [-0.2, -0.15) is 11.8 Å². The van der Waals surface area contributed by atoms with E-state index < -0.39 is 53.8 Å². The van der Waals surface area contributed by atoms with E-state index in [4.69, 9.17) is 22.3 Å². The highest BCUT2D eigenvalue weighted by Gasteiger charge is 2.30. The lowest BCUT2D eigenvalue weighted by Crippen LogP contribution is -2.57. The van der Waals surface area contributed by atoms with E-state index in [2.05, 4.69) is 20.9 Å². The number of guanidine groups is 1. The van der Waals surface area contributed by atoms with Crippen molar-refractivity contribution in [3.63, 3.8) is 0 Å². The lowest BCUT2D eigenvalue weighted by molar-refractivity contribution is -0.142. The van der Waals surface area contributed by atoms with Crippen molar-refractivity contribution in [2.45, 2.75) is 62.7 Å². The van der Waals surface area contributed by atoms with Gasteiger partial charge in [-0.15, -0.1) is 0 Å². The number of nitrogens with two attached hydrogens (primary N) is 3. The Morgan fingerprint density at radius 3 is 2.05 bits per heavy atom. The van der Waals surface area contributed by atoms with Gasteiger partial charge in [0.1, 0.15) is 18.1 Å². The molecule has 4 unspecified atom stereocenters. The molecule has 0 aromatic heterocycles. The second kappa shape index (κ2) is 18.4. The van der Waals surface area contributed by atoms with E-state index in [1.54, 1.807) is 30.3 Å². The van der Waals surface area contributed by atoms with Crippen molar-refractivity contribution in [1.29, 1.82) is 0 Å². The third kappa shape index (κ3) is 13.8. The van der Waals surface area contributed by atoms with E-state index in [-0.39, 0.29) is 51.0 Å². The van der Waals surface area contributed by atoms with Crippen LogP contribution in [-0.4, -0.2) is 88.6 Å². The summed E-state index contributed by atoms with van der Waals surface area (Å²) in [6, 6.07) is 4.14. The number of amides is 3. The number of rotatable bonds is 19. The second-order valence-electron chi connectivity index (χ2n) is 8.98. The minimum Gasteiger partial charge on any atom is -0.481 e. The fraction of sp³-hybridized carbons (Fsp3) is 0.520. The predicted molar refractivity (Wildman–Crippen MR) is 151 cm³/mol. The maximum atomic E-state index is 13.4. The molecule has 0 aliphatic carbocycles. The number of aliphatic imine (C=N–C) groups is 1. The van der Waals surface area contributed by atoms with E-state index in [0.29, 0.717) is 11.3 Å². The molecule has 15 heteroatoms. The summed E-state index contributed by atoms with van der Waals surface area (Å²) in [6.45, 7) is 0.166. The van der Waals surface area contributed by atoms with Crippen LogP contribution in [0.5, 0.6) is 0 Å². The normalized spacial score (nSPS) is 13.7. The third-order valence-corrected chi connectivity index (χ3v) is 6.37. The van der Waals surface area contributed by atoms with Crippen molar-refractivity contribution in [1.82, 2.24) is 16.0 Å². The number of aliphatic carboxylic acids is 2. The molecule has 0 aliphatic rings. The molecule has 0 aliphatic heterocycles. The highest BCUT2D eigenvalue weighted by atomic mass is 32.2. The number of carboxylic acid groups (broad SMARTS) is 2. The van der Waals surface area contributed by atoms with Gasteiger partial charge in [-0.1, -0.05) is 30.3 Å². The van der Waals surface area contributed by atoms with Gasteiger partial charge in [-0.3, -0.25) is 24.2 Å². The number of benzene rings is 1. The van der Waals surface area contributed by atoms with Gasteiger partial charge in [0.2, 0.25) is 17.7 Å². The number of carbonyl (C=O) groups excluding carboxylic acids is 3. The van der Waals surface area contributed by atoms with E-state index in [0.717, 1.165) is 0 Å².